The molecule has 1 aliphatic heterocycles. The van der Waals surface area contributed by atoms with Crippen LogP contribution in [-0.4, -0.2) is 72.8 Å². The Hall–Kier alpha value is -3.01. The van der Waals surface area contributed by atoms with Crippen molar-refractivity contribution < 1.29 is 23.8 Å². The largest absolute Gasteiger partial charge is 0.390 e. The van der Waals surface area contributed by atoms with Crippen LogP contribution in [0.4, 0.5) is 10.1 Å². The first-order valence-electron chi connectivity index (χ1n) is 10.5. The Balaban J connectivity index is 1.66. The highest BCUT2D eigenvalue weighted by atomic mass is 19.1. The molecule has 1 fully saturated rings. The van der Waals surface area contributed by atoms with Crippen molar-refractivity contribution in [3.05, 3.63) is 52.1 Å². The van der Waals surface area contributed by atoms with E-state index in [1.165, 1.54) is 18.2 Å². The normalized spacial score (nSPS) is 15.6. The molecule has 2 heterocycles. The van der Waals surface area contributed by atoms with Gasteiger partial charge < -0.3 is 25.5 Å². The number of nitrogens with zero attached hydrogens (tertiary/aromatic N) is 1. The molecule has 172 valence electrons. The van der Waals surface area contributed by atoms with Crippen molar-refractivity contribution in [3.8, 4) is 0 Å². The van der Waals surface area contributed by atoms with E-state index in [1.54, 1.807) is 19.1 Å². The number of hydrogen-bond donors (Lipinski definition) is 4. The summed E-state index contributed by atoms with van der Waals surface area (Å²) in [6.07, 6.45) is 3.26. The van der Waals surface area contributed by atoms with E-state index in [4.69, 9.17) is 4.74 Å². The van der Waals surface area contributed by atoms with Gasteiger partial charge >= 0.3 is 0 Å². The van der Waals surface area contributed by atoms with E-state index in [9.17, 15) is 19.1 Å². The Morgan fingerprint density at radius 1 is 1.31 bits per heavy atom. The minimum absolute atomic E-state index is 0.148. The number of carbonyl (C=O) groups excluding carboxylic acids is 2. The zero-order chi connectivity index (χ0) is 23.1. The average molecular weight is 445 g/mol. The first kappa shape index (κ1) is 23.6. The number of nitrogens with one attached hydrogen (secondary N) is 3. The quantitative estimate of drug-likeness (QED) is 0.442. The number of carbonyl (C=O) groups is 2. The molecule has 1 aromatic heterocycles. The van der Waals surface area contributed by atoms with Crippen LogP contribution in [-0.2, 0) is 9.53 Å². The maximum atomic E-state index is 13.6. The van der Waals surface area contributed by atoms with Gasteiger partial charge in [0.05, 0.1) is 24.9 Å². The van der Waals surface area contributed by atoms with Gasteiger partial charge in [-0.2, -0.15) is 0 Å². The molecule has 8 nitrogen and oxygen atoms in total. The fraction of sp³-hybridized carbons (Fsp3) is 0.391. The Labute approximate surface area is 186 Å². The number of aryl methyl sites for hydroxylation is 1. The molecule has 0 spiro atoms. The summed E-state index contributed by atoms with van der Waals surface area (Å²) in [4.78, 5) is 28.8. The predicted molar refractivity (Wildman–Crippen MR) is 121 cm³/mol. The topological polar surface area (TPSA) is 107 Å². The number of aromatic amines is 1. The summed E-state index contributed by atoms with van der Waals surface area (Å²) >= 11 is 0. The van der Waals surface area contributed by atoms with Gasteiger partial charge in [0.1, 0.15) is 5.82 Å². The van der Waals surface area contributed by atoms with Crippen molar-refractivity contribution in [1.82, 2.24) is 15.2 Å². The van der Waals surface area contributed by atoms with Crippen LogP contribution in [0.2, 0.25) is 0 Å². The number of amides is 2. The van der Waals surface area contributed by atoms with Crippen molar-refractivity contribution in [2.75, 3.05) is 44.7 Å². The molecule has 9 heteroatoms. The molecular formula is C23H29FN4O4. The molecule has 0 unspecified atom stereocenters. The van der Waals surface area contributed by atoms with Crippen LogP contribution in [0.1, 0.15) is 32.9 Å². The maximum absolute atomic E-state index is 13.6. The van der Waals surface area contributed by atoms with Crippen LogP contribution in [0.5, 0.6) is 0 Å². The third-order valence-corrected chi connectivity index (χ3v) is 5.43. The smallest absolute Gasteiger partial charge is 0.253 e. The zero-order valence-electron chi connectivity index (χ0n) is 18.3. The standard InChI is InChI=1S/C23H29FN4O4/c1-15-20(5-3-17-11-18(24)4-6-21(17)26-14-29)27-16(2)22(15)23(31)25-12-19(30)13-28-7-9-32-10-8-28/h3-6,11,14,19,27,30H,7-10,12-13H2,1-2H3,(H,25,31)(H,26,29)/b5-3+/t19-/m0/s1. The van der Waals surface area contributed by atoms with E-state index in [0.29, 0.717) is 54.4 Å². The summed E-state index contributed by atoms with van der Waals surface area (Å²) in [6, 6.07) is 4.07. The molecule has 32 heavy (non-hydrogen) atoms. The van der Waals surface area contributed by atoms with Crippen LogP contribution in [0.25, 0.3) is 12.2 Å². The highest BCUT2D eigenvalue weighted by molar-refractivity contribution is 5.98. The van der Waals surface area contributed by atoms with Crippen LogP contribution in [0.3, 0.4) is 0 Å². The third-order valence-electron chi connectivity index (χ3n) is 5.43. The van der Waals surface area contributed by atoms with Crippen molar-refractivity contribution in [3.63, 3.8) is 0 Å². The number of ether oxygens (including phenoxy) is 1. The molecule has 1 saturated heterocycles. The van der Waals surface area contributed by atoms with E-state index in [2.05, 4.69) is 20.5 Å². The van der Waals surface area contributed by atoms with Gasteiger partial charge in [0.25, 0.3) is 5.91 Å². The number of aromatic nitrogens is 1. The summed E-state index contributed by atoms with van der Waals surface area (Å²) < 4.78 is 18.9. The van der Waals surface area contributed by atoms with Crippen LogP contribution in [0.15, 0.2) is 18.2 Å². The van der Waals surface area contributed by atoms with Gasteiger partial charge in [0.2, 0.25) is 6.41 Å². The average Bonchev–Trinajstić information content (AvgIpc) is 3.06. The molecular weight excluding hydrogens is 415 g/mol. The van der Waals surface area contributed by atoms with Gasteiger partial charge in [-0.15, -0.1) is 0 Å². The lowest BCUT2D eigenvalue weighted by atomic mass is 10.1. The van der Waals surface area contributed by atoms with Crippen LogP contribution < -0.4 is 10.6 Å². The molecule has 1 atom stereocenters. The molecule has 0 bridgehead atoms. The number of aliphatic hydroxyl groups is 1. The summed E-state index contributed by atoms with van der Waals surface area (Å²) in [5, 5.41) is 15.6. The van der Waals surface area contributed by atoms with Crippen LogP contribution in [0, 0.1) is 19.7 Å². The molecule has 1 aliphatic rings. The minimum atomic E-state index is -0.673. The Morgan fingerprint density at radius 3 is 2.78 bits per heavy atom. The van der Waals surface area contributed by atoms with Gasteiger partial charge in [-0.05, 0) is 43.7 Å². The van der Waals surface area contributed by atoms with Gasteiger partial charge in [0, 0.05) is 48.8 Å². The number of rotatable bonds is 9. The highest BCUT2D eigenvalue weighted by Crippen LogP contribution is 2.23. The molecule has 2 amide bonds. The number of benzene rings is 1. The van der Waals surface area contributed by atoms with E-state index < -0.39 is 11.9 Å². The van der Waals surface area contributed by atoms with E-state index in [0.717, 1.165) is 18.7 Å². The van der Waals surface area contributed by atoms with Gasteiger partial charge in [-0.3, -0.25) is 14.5 Å². The van der Waals surface area contributed by atoms with E-state index in [-0.39, 0.29) is 12.5 Å². The summed E-state index contributed by atoms with van der Waals surface area (Å²) in [6.45, 7) is 7.09. The number of H-pyrrole nitrogens is 1. The number of hydrogen-bond acceptors (Lipinski definition) is 5. The lowest BCUT2D eigenvalue weighted by molar-refractivity contribution is -0.105. The lowest BCUT2D eigenvalue weighted by Crippen LogP contribution is -2.44. The van der Waals surface area contributed by atoms with Crippen molar-refractivity contribution >= 4 is 30.2 Å². The first-order chi connectivity index (χ1) is 15.4. The Morgan fingerprint density at radius 2 is 2.06 bits per heavy atom. The molecule has 4 N–H and O–H groups in total. The number of morpholine rings is 1. The summed E-state index contributed by atoms with van der Waals surface area (Å²) in [5.41, 5.74) is 3.61. The third kappa shape index (κ3) is 6.03. The molecule has 0 radical (unpaired) electrons. The molecule has 0 aliphatic carbocycles. The molecule has 1 aromatic carbocycles. The number of aliphatic hydroxyl groups excluding tert-OH is 1. The first-order valence-corrected chi connectivity index (χ1v) is 10.5. The fourth-order valence-electron chi connectivity index (χ4n) is 3.77. The van der Waals surface area contributed by atoms with Crippen molar-refractivity contribution in [2.45, 2.75) is 20.0 Å². The zero-order valence-corrected chi connectivity index (χ0v) is 18.3. The van der Waals surface area contributed by atoms with Crippen LogP contribution >= 0.6 is 0 Å². The second-order valence-corrected chi connectivity index (χ2v) is 7.77. The molecule has 3 rings (SSSR count). The fourth-order valence-corrected chi connectivity index (χ4v) is 3.77. The second kappa shape index (κ2) is 11.0. The van der Waals surface area contributed by atoms with Crippen molar-refractivity contribution in [1.29, 1.82) is 0 Å². The van der Waals surface area contributed by atoms with Gasteiger partial charge in [0.15, 0.2) is 0 Å². The number of β-amino-alcohol motifs (C(OH)–C–C–N with tert-alkyl or cyclic N) is 1. The number of halogens is 1. The summed E-state index contributed by atoms with van der Waals surface area (Å²) in [7, 11) is 0. The van der Waals surface area contributed by atoms with Gasteiger partial charge in [-0.1, -0.05) is 6.08 Å². The predicted octanol–water partition coefficient (Wildman–Crippen LogP) is 1.93. The summed E-state index contributed by atoms with van der Waals surface area (Å²) in [5.74, 6) is -0.692. The minimum Gasteiger partial charge on any atom is -0.390 e. The van der Waals surface area contributed by atoms with Gasteiger partial charge in [-0.25, -0.2) is 4.39 Å². The number of anilines is 1. The Bertz CT molecular complexity index is 983. The monoisotopic (exact) mass is 444 g/mol. The Kier molecular flexibility index (Phi) is 8.15. The second-order valence-electron chi connectivity index (χ2n) is 7.77. The molecule has 0 saturated carbocycles. The highest BCUT2D eigenvalue weighted by Gasteiger charge is 2.19. The van der Waals surface area contributed by atoms with E-state index >= 15 is 0 Å². The molecule has 2 aromatic rings. The van der Waals surface area contributed by atoms with Crippen molar-refractivity contribution in [2.24, 2.45) is 0 Å². The SMILES string of the molecule is Cc1[nH]c(/C=C/c2cc(F)ccc2NC=O)c(C)c1C(=O)NC[C@H](O)CN1CCOCC1. The van der Waals surface area contributed by atoms with E-state index in [1.807, 2.05) is 6.92 Å². The lowest BCUT2D eigenvalue weighted by Gasteiger charge is -2.28. The maximum Gasteiger partial charge on any atom is 0.253 e.